The molecule has 0 radical (unpaired) electrons. The number of rotatable bonds is 8. The summed E-state index contributed by atoms with van der Waals surface area (Å²) in [6.45, 7) is 0.387. The van der Waals surface area contributed by atoms with Crippen molar-refractivity contribution in [1.82, 2.24) is 5.32 Å². The van der Waals surface area contributed by atoms with E-state index >= 15 is 0 Å². The van der Waals surface area contributed by atoms with Gasteiger partial charge in [0.25, 0.3) is 0 Å². The minimum Gasteiger partial charge on any atom is -0.493 e. The van der Waals surface area contributed by atoms with Crippen molar-refractivity contribution < 1.29 is 19.0 Å². The topological polar surface area (TPSA) is 80.6 Å². The van der Waals surface area contributed by atoms with E-state index in [0.717, 1.165) is 11.1 Å². The van der Waals surface area contributed by atoms with E-state index in [-0.39, 0.29) is 12.5 Å². The molecular weight excluding hydrogens is 332 g/mol. The zero-order valence-electron chi connectivity index (χ0n) is 14.7. The lowest BCUT2D eigenvalue weighted by atomic mass is 10.2. The van der Waals surface area contributed by atoms with Crippen LogP contribution in [0.1, 0.15) is 11.1 Å². The van der Waals surface area contributed by atoms with Gasteiger partial charge in [-0.2, -0.15) is 5.26 Å². The van der Waals surface area contributed by atoms with Crippen LogP contribution in [0.3, 0.4) is 0 Å². The maximum Gasteiger partial charge on any atom is 0.244 e. The van der Waals surface area contributed by atoms with Gasteiger partial charge < -0.3 is 19.5 Å². The van der Waals surface area contributed by atoms with E-state index in [2.05, 4.69) is 5.32 Å². The van der Waals surface area contributed by atoms with Crippen molar-refractivity contribution in [3.05, 3.63) is 59.7 Å². The molecule has 1 N–H and O–H groups in total. The summed E-state index contributed by atoms with van der Waals surface area (Å²) in [6.07, 6.45) is 3.17. The summed E-state index contributed by atoms with van der Waals surface area (Å²) < 4.78 is 15.6. The molecule has 134 valence electrons. The summed E-state index contributed by atoms with van der Waals surface area (Å²) in [5, 5.41) is 11.3. The number of hydrogen-bond donors (Lipinski definition) is 1. The van der Waals surface area contributed by atoms with Gasteiger partial charge in [0, 0.05) is 12.6 Å². The van der Waals surface area contributed by atoms with Gasteiger partial charge in [-0.3, -0.25) is 4.79 Å². The Bertz CT molecular complexity index is 808. The minimum atomic E-state index is -0.204. The number of ether oxygens (including phenoxy) is 3. The molecule has 0 fully saturated rings. The second-order valence-corrected chi connectivity index (χ2v) is 5.26. The standard InChI is InChI=1S/C20H20N2O4/c1-24-18-9-5-16(13-19(18)25-2)14-22-20(23)10-6-15-3-7-17(8-4-15)26-12-11-21/h3-10,13H,12,14H2,1-2H3,(H,22,23)/b10-6+. The molecule has 0 saturated carbocycles. The quantitative estimate of drug-likeness (QED) is 0.739. The Morgan fingerprint density at radius 2 is 1.85 bits per heavy atom. The average Bonchev–Trinajstić information content (AvgIpc) is 2.69. The molecule has 0 aliphatic heterocycles. The van der Waals surface area contributed by atoms with Crippen LogP contribution in [0.15, 0.2) is 48.5 Å². The van der Waals surface area contributed by atoms with Crippen LogP contribution in [-0.4, -0.2) is 26.7 Å². The molecule has 0 saturated heterocycles. The van der Waals surface area contributed by atoms with E-state index in [0.29, 0.717) is 23.8 Å². The Morgan fingerprint density at radius 3 is 2.50 bits per heavy atom. The lowest BCUT2D eigenvalue weighted by Crippen LogP contribution is -2.20. The molecule has 0 atom stereocenters. The van der Waals surface area contributed by atoms with Crippen molar-refractivity contribution in [2.75, 3.05) is 20.8 Å². The molecule has 2 aromatic rings. The smallest absolute Gasteiger partial charge is 0.244 e. The van der Waals surface area contributed by atoms with Crippen molar-refractivity contribution in [1.29, 1.82) is 5.26 Å². The molecule has 2 rings (SSSR count). The molecule has 0 aromatic heterocycles. The minimum absolute atomic E-state index is 0.00768. The second kappa shape index (κ2) is 9.74. The van der Waals surface area contributed by atoms with Gasteiger partial charge in [0.15, 0.2) is 18.1 Å². The third kappa shape index (κ3) is 5.56. The zero-order valence-corrected chi connectivity index (χ0v) is 14.7. The van der Waals surface area contributed by atoms with Crippen molar-refractivity contribution in [2.45, 2.75) is 6.54 Å². The molecule has 6 heteroatoms. The zero-order chi connectivity index (χ0) is 18.8. The highest BCUT2D eigenvalue weighted by molar-refractivity contribution is 5.91. The van der Waals surface area contributed by atoms with Crippen LogP contribution in [-0.2, 0) is 11.3 Å². The summed E-state index contributed by atoms with van der Waals surface area (Å²) in [6, 6.07) is 14.5. The summed E-state index contributed by atoms with van der Waals surface area (Å²) in [7, 11) is 3.14. The van der Waals surface area contributed by atoms with Crippen molar-refractivity contribution in [3.8, 4) is 23.3 Å². The first kappa shape index (κ1) is 18.9. The Labute approximate surface area is 152 Å². The molecule has 0 aliphatic carbocycles. The van der Waals surface area contributed by atoms with Gasteiger partial charge in [-0.25, -0.2) is 0 Å². The van der Waals surface area contributed by atoms with Gasteiger partial charge in [0.2, 0.25) is 5.91 Å². The monoisotopic (exact) mass is 352 g/mol. The number of benzene rings is 2. The van der Waals surface area contributed by atoms with Gasteiger partial charge in [-0.1, -0.05) is 18.2 Å². The Morgan fingerprint density at radius 1 is 1.12 bits per heavy atom. The van der Waals surface area contributed by atoms with Crippen LogP contribution in [0.2, 0.25) is 0 Å². The molecule has 6 nitrogen and oxygen atoms in total. The predicted octanol–water partition coefficient (Wildman–Crippen LogP) is 2.94. The molecule has 0 aliphatic rings. The van der Waals surface area contributed by atoms with Gasteiger partial charge in [0.05, 0.1) is 14.2 Å². The van der Waals surface area contributed by atoms with E-state index in [1.807, 2.05) is 30.3 Å². The number of nitriles is 1. The molecule has 0 bridgehead atoms. The number of nitrogens with one attached hydrogen (secondary N) is 1. The highest BCUT2D eigenvalue weighted by Gasteiger charge is 2.05. The Hall–Kier alpha value is -3.46. The van der Waals surface area contributed by atoms with Gasteiger partial charge >= 0.3 is 0 Å². The highest BCUT2D eigenvalue weighted by atomic mass is 16.5. The van der Waals surface area contributed by atoms with Crippen molar-refractivity contribution in [3.63, 3.8) is 0 Å². The number of hydrogen-bond acceptors (Lipinski definition) is 5. The summed E-state index contributed by atoms with van der Waals surface area (Å²) >= 11 is 0. The van der Waals surface area contributed by atoms with E-state index in [4.69, 9.17) is 19.5 Å². The van der Waals surface area contributed by atoms with Crippen molar-refractivity contribution in [2.24, 2.45) is 0 Å². The van der Waals surface area contributed by atoms with Crippen LogP contribution in [0, 0.1) is 11.3 Å². The largest absolute Gasteiger partial charge is 0.493 e. The third-order valence-electron chi connectivity index (χ3n) is 3.53. The lowest BCUT2D eigenvalue weighted by Gasteiger charge is -2.09. The van der Waals surface area contributed by atoms with E-state index in [9.17, 15) is 4.79 Å². The number of nitrogens with zero attached hydrogens (tertiary/aromatic N) is 1. The third-order valence-corrected chi connectivity index (χ3v) is 3.53. The maximum absolute atomic E-state index is 12.0. The molecule has 2 aromatic carbocycles. The van der Waals surface area contributed by atoms with Crippen LogP contribution < -0.4 is 19.5 Å². The lowest BCUT2D eigenvalue weighted by molar-refractivity contribution is -0.116. The fourth-order valence-electron chi connectivity index (χ4n) is 2.20. The van der Waals surface area contributed by atoms with Crippen LogP contribution in [0.4, 0.5) is 0 Å². The Kier molecular flexibility index (Phi) is 7.07. The first-order chi connectivity index (χ1) is 12.7. The predicted molar refractivity (Wildman–Crippen MR) is 98.0 cm³/mol. The van der Waals surface area contributed by atoms with E-state index in [1.54, 1.807) is 38.5 Å². The van der Waals surface area contributed by atoms with Crippen LogP contribution >= 0.6 is 0 Å². The average molecular weight is 352 g/mol. The second-order valence-electron chi connectivity index (χ2n) is 5.26. The number of carbonyl (C=O) groups is 1. The first-order valence-corrected chi connectivity index (χ1v) is 7.93. The summed E-state index contributed by atoms with van der Waals surface area (Å²) in [4.78, 5) is 12.0. The summed E-state index contributed by atoms with van der Waals surface area (Å²) in [5.41, 5.74) is 1.76. The normalized spacial score (nSPS) is 10.2. The van der Waals surface area contributed by atoms with Gasteiger partial charge in [-0.15, -0.1) is 0 Å². The number of carbonyl (C=O) groups excluding carboxylic acids is 1. The first-order valence-electron chi connectivity index (χ1n) is 7.93. The van der Waals surface area contributed by atoms with Crippen LogP contribution in [0.25, 0.3) is 6.08 Å². The number of amides is 1. The van der Waals surface area contributed by atoms with E-state index < -0.39 is 0 Å². The van der Waals surface area contributed by atoms with Gasteiger partial charge in [0.1, 0.15) is 11.8 Å². The highest BCUT2D eigenvalue weighted by Crippen LogP contribution is 2.27. The SMILES string of the molecule is COc1ccc(CNC(=O)/C=C/c2ccc(OCC#N)cc2)cc1OC. The Balaban J connectivity index is 1.88. The van der Waals surface area contributed by atoms with Crippen molar-refractivity contribution >= 4 is 12.0 Å². The maximum atomic E-state index is 12.0. The van der Waals surface area contributed by atoms with Crippen LogP contribution in [0.5, 0.6) is 17.2 Å². The molecule has 26 heavy (non-hydrogen) atoms. The molecule has 0 heterocycles. The van der Waals surface area contributed by atoms with Gasteiger partial charge in [-0.05, 0) is 41.5 Å². The van der Waals surface area contributed by atoms with E-state index in [1.165, 1.54) is 6.08 Å². The molecule has 0 unspecified atom stereocenters. The fourth-order valence-corrected chi connectivity index (χ4v) is 2.20. The molecular formula is C20H20N2O4. The number of methoxy groups -OCH3 is 2. The fraction of sp³-hybridized carbons (Fsp3) is 0.200. The molecule has 0 spiro atoms. The molecule has 1 amide bonds. The summed E-state index contributed by atoms with van der Waals surface area (Å²) in [5.74, 6) is 1.67.